The Morgan fingerprint density at radius 3 is 2.82 bits per heavy atom. The lowest BCUT2D eigenvalue weighted by Crippen LogP contribution is -2.39. The van der Waals surface area contributed by atoms with Gasteiger partial charge in [0, 0.05) is 20.6 Å². The Balaban J connectivity index is 1.97. The van der Waals surface area contributed by atoms with Crippen LogP contribution in [0.2, 0.25) is 0 Å². The standard InChI is InChI=1S/C16H22FN5/c1-18-16(19-10-6-9-17)22(2)12-15-20-11-14(21-15)13-7-4-3-5-8-13/h3-5,7-8,11H,6,9-10,12H2,1-2H3,(H,18,19)(H,20,21). The lowest BCUT2D eigenvalue weighted by Gasteiger charge is -2.20. The third-order valence-corrected chi connectivity index (χ3v) is 3.27. The molecule has 0 aliphatic rings. The fourth-order valence-corrected chi connectivity index (χ4v) is 2.16. The number of halogens is 1. The zero-order valence-corrected chi connectivity index (χ0v) is 13.0. The quantitative estimate of drug-likeness (QED) is 0.489. The van der Waals surface area contributed by atoms with Gasteiger partial charge in [0.05, 0.1) is 25.1 Å². The molecule has 0 spiro atoms. The molecule has 0 saturated heterocycles. The maximum atomic E-state index is 12.2. The molecule has 0 radical (unpaired) electrons. The number of hydrogen-bond donors (Lipinski definition) is 2. The van der Waals surface area contributed by atoms with Crippen molar-refractivity contribution in [1.29, 1.82) is 0 Å². The molecule has 0 amide bonds. The van der Waals surface area contributed by atoms with Crippen molar-refractivity contribution >= 4 is 5.96 Å². The summed E-state index contributed by atoms with van der Waals surface area (Å²) in [4.78, 5) is 13.9. The van der Waals surface area contributed by atoms with Gasteiger partial charge in [-0.15, -0.1) is 0 Å². The highest BCUT2D eigenvalue weighted by Crippen LogP contribution is 2.16. The van der Waals surface area contributed by atoms with Crippen LogP contribution in [0, 0.1) is 0 Å². The SMILES string of the molecule is CN=C(NCCCF)N(C)Cc1ncc(-c2ccccc2)[nH]1. The van der Waals surface area contributed by atoms with Gasteiger partial charge < -0.3 is 15.2 Å². The summed E-state index contributed by atoms with van der Waals surface area (Å²) in [5.41, 5.74) is 2.10. The number of aliphatic imine (C=N–C) groups is 1. The number of aromatic amines is 1. The summed E-state index contributed by atoms with van der Waals surface area (Å²) < 4.78 is 12.2. The third-order valence-electron chi connectivity index (χ3n) is 3.27. The van der Waals surface area contributed by atoms with E-state index in [2.05, 4.69) is 20.3 Å². The number of benzene rings is 1. The van der Waals surface area contributed by atoms with E-state index in [1.807, 2.05) is 48.5 Å². The Hall–Kier alpha value is -2.37. The number of rotatable bonds is 6. The second-order valence-corrected chi connectivity index (χ2v) is 4.98. The first-order valence-electron chi connectivity index (χ1n) is 7.31. The summed E-state index contributed by atoms with van der Waals surface area (Å²) in [5, 5.41) is 3.12. The van der Waals surface area contributed by atoms with Crippen molar-refractivity contribution in [1.82, 2.24) is 20.2 Å². The number of guanidine groups is 1. The van der Waals surface area contributed by atoms with Crippen molar-refractivity contribution < 1.29 is 4.39 Å². The summed E-state index contributed by atoms with van der Waals surface area (Å²) in [5.74, 6) is 1.58. The van der Waals surface area contributed by atoms with E-state index in [4.69, 9.17) is 0 Å². The molecule has 0 bridgehead atoms. The van der Waals surface area contributed by atoms with E-state index in [1.165, 1.54) is 0 Å². The Bertz CT molecular complexity index is 594. The molecular formula is C16H22FN5. The average molecular weight is 303 g/mol. The second kappa shape index (κ2) is 8.17. The van der Waals surface area contributed by atoms with E-state index in [0.717, 1.165) is 23.0 Å². The van der Waals surface area contributed by atoms with Crippen molar-refractivity contribution in [3.8, 4) is 11.3 Å². The summed E-state index contributed by atoms with van der Waals surface area (Å²) >= 11 is 0. The first kappa shape index (κ1) is 16.0. The van der Waals surface area contributed by atoms with Crippen molar-refractivity contribution in [2.24, 2.45) is 4.99 Å². The van der Waals surface area contributed by atoms with E-state index >= 15 is 0 Å². The van der Waals surface area contributed by atoms with Crippen LogP contribution in [0.25, 0.3) is 11.3 Å². The minimum Gasteiger partial charge on any atom is -0.356 e. The smallest absolute Gasteiger partial charge is 0.193 e. The zero-order chi connectivity index (χ0) is 15.8. The summed E-state index contributed by atoms with van der Waals surface area (Å²) in [6, 6.07) is 10.1. The molecule has 118 valence electrons. The lowest BCUT2D eigenvalue weighted by molar-refractivity contribution is 0.445. The first-order valence-corrected chi connectivity index (χ1v) is 7.31. The highest BCUT2D eigenvalue weighted by molar-refractivity contribution is 5.79. The fraction of sp³-hybridized carbons (Fsp3) is 0.375. The molecule has 1 aromatic heterocycles. The van der Waals surface area contributed by atoms with Gasteiger partial charge in [0.2, 0.25) is 0 Å². The molecule has 2 N–H and O–H groups in total. The average Bonchev–Trinajstić information content (AvgIpc) is 3.01. The predicted octanol–water partition coefficient (Wildman–Crippen LogP) is 2.44. The van der Waals surface area contributed by atoms with Crippen LogP contribution in [-0.4, -0.2) is 48.1 Å². The number of nitrogens with one attached hydrogen (secondary N) is 2. The molecule has 0 atom stereocenters. The normalized spacial score (nSPS) is 11.5. The number of alkyl halides is 1. The Morgan fingerprint density at radius 1 is 1.36 bits per heavy atom. The van der Waals surface area contributed by atoms with Crippen molar-refractivity contribution in [2.75, 3.05) is 27.3 Å². The molecule has 1 aromatic carbocycles. The van der Waals surface area contributed by atoms with Gasteiger partial charge in [-0.2, -0.15) is 0 Å². The number of nitrogens with zero attached hydrogens (tertiary/aromatic N) is 3. The zero-order valence-electron chi connectivity index (χ0n) is 13.0. The van der Waals surface area contributed by atoms with Crippen molar-refractivity contribution in [3.63, 3.8) is 0 Å². The van der Waals surface area contributed by atoms with Gasteiger partial charge in [-0.3, -0.25) is 9.38 Å². The Labute approximate surface area is 130 Å². The van der Waals surface area contributed by atoms with Crippen LogP contribution in [-0.2, 0) is 6.54 Å². The van der Waals surface area contributed by atoms with E-state index in [0.29, 0.717) is 19.5 Å². The van der Waals surface area contributed by atoms with E-state index in [-0.39, 0.29) is 6.67 Å². The van der Waals surface area contributed by atoms with Crippen LogP contribution >= 0.6 is 0 Å². The highest BCUT2D eigenvalue weighted by Gasteiger charge is 2.09. The van der Waals surface area contributed by atoms with Gasteiger partial charge in [-0.05, 0) is 12.0 Å². The molecule has 0 unspecified atom stereocenters. The van der Waals surface area contributed by atoms with Crippen molar-refractivity contribution in [2.45, 2.75) is 13.0 Å². The van der Waals surface area contributed by atoms with E-state index in [9.17, 15) is 4.39 Å². The molecule has 6 heteroatoms. The molecule has 0 aliphatic heterocycles. The highest BCUT2D eigenvalue weighted by atomic mass is 19.1. The lowest BCUT2D eigenvalue weighted by atomic mass is 10.2. The van der Waals surface area contributed by atoms with E-state index in [1.54, 1.807) is 7.05 Å². The summed E-state index contributed by atoms with van der Waals surface area (Å²) in [6.45, 7) is 0.843. The van der Waals surface area contributed by atoms with Crippen LogP contribution in [0.4, 0.5) is 4.39 Å². The van der Waals surface area contributed by atoms with Gasteiger partial charge in [0.1, 0.15) is 5.82 Å². The van der Waals surface area contributed by atoms with Crippen molar-refractivity contribution in [3.05, 3.63) is 42.4 Å². The monoisotopic (exact) mass is 303 g/mol. The molecule has 0 fully saturated rings. The molecular weight excluding hydrogens is 281 g/mol. The van der Waals surface area contributed by atoms with Crippen LogP contribution in [0.15, 0.2) is 41.5 Å². The number of imidazole rings is 1. The van der Waals surface area contributed by atoms with Crippen LogP contribution < -0.4 is 5.32 Å². The number of H-pyrrole nitrogens is 1. The van der Waals surface area contributed by atoms with Gasteiger partial charge in [0.25, 0.3) is 0 Å². The molecule has 2 aromatic rings. The summed E-state index contributed by atoms with van der Waals surface area (Å²) in [7, 11) is 3.64. The van der Waals surface area contributed by atoms with Gasteiger partial charge >= 0.3 is 0 Å². The molecule has 5 nitrogen and oxygen atoms in total. The first-order chi connectivity index (χ1) is 10.7. The maximum absolute atomic E-state index is 12.2. The second-order valence-electron chi connectivity index (χ2n) is 4.98. The van der Waals surface area contributed by atoms with Gasteiger partial charge in [-0.25, -0.2) is 4.98 Å². The topological polar surface area (TPSA) is 56.3 Å². The molecule has 0 aliphatic carbocycles. The molecule has 1 heterocycles. The van der Waals surface area contributed by atoms with Crippen LogP contribution in [0.1, 0.15) is 12.2 Å². The molecule has 2 rings (SSSR count). The van der Waals surface area contributed by atoms with Crippen LogP contribution in [0.3, 0.4) is 0 Å². The fourth-order valence-electron chi connectivity index (χ4n) is 2.16. The number of hydrogen-bond acceptors (Lipinski definition) is 2. The largest absolute Gasteiger partial charge is 0.356 e. The molecule has 22 heavy (non-hydrogen) atoms. The summed E-state index contributed by atoms with van der Waals surface area (Å²) in [6.07, 6.45) is 2.31. The van der Waals surface area contributed by atoms with E-state index < -0.39 is 0 Å². The minimum atomic E-state index is -0.327. The van der Waals surface area contributed by atoms with Crippen LogP contribution in [0.5, 0.6) is 0 Å². The van der Waals surface area contributed by atoms with Gasteiger partial charge in [-0.1, -0.05) is 30.3 Å². The predicted molar refractivity (Wildman–Crippen MR) is 87.4 cm³/mol. The number of aromatic nitrogens is 2. The Kier molecular flexibility index (Phi) is 5.94. The maximum Gasteiger partial charge on any atom is 0.193 e. The third kappa shape index (κ3) is 4.31. The molecule has 0 saturated carbocycles. The minimum absolute atomic E-state index is 0.327. The van der Waals surface area contributed by atoms with Gasteiger partial charge in [0.15, 0.2) is 5.96 Å². The Morgan fingerprint density at radius 2 is 2.14 bits per heavy atom.